The van der Waals surface area contributed by atoms with Gasteiger partial charge in [-0.2, -0.15) is 0 Å². The van der Waals surface area contributed by atoms with Gasteiger partial charge in [-0.25, -0.2) is 4.79 Å². The second-order valence-corrected chi connectivity index (χ2v) is 9.70. The number of primary amides is 1. The number of thioether (sulfide) groups is 1. The number of benzene rings is 1. The number of nitrogens with one attached hydrogen (secondary N) is 1. The van der Waals surface area contributed by atoms with Crippen molar-refractivity contribution >= 4 is 29.4 Å². The number of rotatable bonds is 2. The summed E-state index contributed by atoms with van der Waals surface area (Å²) in [5.74, 6) is -0.431. The summed E-state index contributed by atoms with van der Waals surface area (Å²) in [5, 5.41) is 2.97. The van der Waals surface area contributed by atoms with Crippen molar-refractivity contribution in [2.45, 2.75) is 68.5 Å². The van der Waals surface area contributed by atoms with Crippen LogP contribution in [0.2, 0.25) is 0 Å². The third kappa shape index (κ3) is 3.36. The molecule has 1 heterocycles. The highest BCUT2D eigenvalue weighted by Crippen LogP contribution is 2.57. The Morgan fingerprint density at radius 1 is 1.16 bits per heavy atom. The summed E-state index contributed by atoms with van der Waals surface area (Å²) in [5.41, 5.74) is 7.60. The monoisotopic (exact) mass is 361 g/mol. The van der Waals surface area contributed by atoms with Crippen LogP contribution in [-0.2, 0) is 4.79 Å². The Labute approximate surface area is 153 Å². The molecule has 1 aromatic carbocycles. The van der Waals surface area contributed by atoms with E-state index in [0.29, 0.717) is 0 Å². The highest BCUT2D eigenvalue weighted by atomic mass is 32.2. The van der Waals surface area contributed by atoms with Crippen molar-refractivity contribution in [1.29, 1.82) is 0 Å². The summed E-state index contributed by atoms with van der Waals surface area (Å²) in [6, 6.07) is 6.84. The fourth-order valence-electron chi connectivity index (χ4n) is 4.18. The molecule has 3 amide bonds. The number of hydrogen-bond donors (Lipinski definition) is 2. The Morgan fingerprint density at radius 3 is 2.32 bits per heavy atom. The predicted octanol–water partition coefficient (Wildman–Crippen LogP) is 3.87. The van der Waals surface area contributed by atoms with Gasteiger partial charge in [-0.05, 0) is 45.7 Å². The van der Waals surface area contributed by atoms with Gasteiger partial charge >= 0.3 is 6.03 Å². The summed E-state index contributed by atoms with van der Waals surface area (Å²) in [6.45, 7) is 6.04. The van der Waals surface area contributed by atoms with Crippen LogP contribution in [0.15, 0.2) is 24.3 Å². The average Bonchev–Trinajstić information content (AvgIpc) is 2.77. The molecule has 3 N–H and O–H groups in total. The molecule has 1 saturated heterocycles. The molecular formula is C19H27N3O2S. The van der Waals surface area contributed by atoms with E-state index >= 15 is 0 Å². The average molecular weight is 362 g/mol. The Balaban J connectivity index is 1.93. The van der Waals surface area contributed by atoms with Gasteiger partial charge in [0.05, 0.1) is 4.87 Å². The topological polar surface area (TPSA) is 75.4 Å². The molecule has 6 heteroatoms. The zero-order valence-corrected chi connectivity index (χ0v) is 16.0. The predicted molar refractivity (Wildman–Crippen MR) is 103 cm³/mol. The lowest BCUT2D eigenvalue weighted by Gasteiger charge is -2.41. The molecule has 5 nitrogen and oxygen atoms in total. The van der Waals surface area contributed by atoms with Crippen LogP contribution in [0.4, 0.5) is 10.5 Å². The lowest BCUT2D eigenvalue weighted by molar-refractivity contribution is -0.123. The molecule has 1 saturated carbocycles. The minimum atomic E-state index is -0.610. The summed E-state index contributed by atoms with van der Waals surface area (Å²) < 4.78 is -0.395. The van der Waals surface area contributed by atoms with Crippen LogP contribution in [-0.4, -0.2) is 32.5 Å². The maximum absolute atomic E-state index is 13.2. The van der Waals surface area contributed by atoms with Crippen molar-refractivity contribution < 1.29 is 9.59 Å². The van der Waals surface area contributed by atoms with Gasteiger partial charge in [0.1, 0.15) is 6.04 Å². The molecule has 136 valence electrons. The number of nitrogens with zero attached hydrogens (tertiary/aromatic N) is 1. The first-order valence-electron chi connectivity index (χ1n) is 8.92. The van der Waals surface area contributed by atoms with Gasteiger partial charge in [0.15, 0.2) is 0 Å². The molecule has 1 unspecified atom stereocenters. The van der Waals surface area contributed by atoms with Crippen LogP contribution >= 0.6 is 11.8 Å². The maximum atomic E-state index is 13.2. The molecule has 3 rings (SSSR count). The standard InChI is InChI=1S/C19H27N3O2S/c1-13-7-9-14(10-8-13)21-17(24)22-15(16(20)23)18(2,3)25-19(22)11-5-4-6-12-19/h7-10,15H,4-6,11-12H2,1-3H3,(H2,20,23)(H,21,24). The van der Waals surface area contributed by atoms with E-state index in [1.807, 2.05) is 45.0 Å². The first-order chi connectivity index (χ1) is 11.8. The van der Waals surface area contributed by atoms with Gasteiger partial charge in [-0.1, -0.05) is 37.0 Å². The quantitative estimate of drug-likeness (QED) is 0.839. The highest BCUT2D eigenvalue weighted by Gasteiger charge is 2.60. The number of carbonyl (C=O) groups is 2. The minimum absolute atomic E-state index is 0.229. The fourth-order valence-corrected chi connectivity index (χ4v) is 6.27. The van der Waals surface area contributed by atoms with E-state index in [-0.39, 0.29) is 10.9 Å². The molecule has 2 fully saturated rings. The van der Waals surface area contributed by atoms with Crippen molar-refractivity contribution in [3.05, 3.63) is 29.8 Å². The molecular weight excluding hydrogens is 334 g/mol. The second kappa shape index (κ2) is 6.56. The number of aryl methyl sites for hydroxylation is 1. The molecule has 25 heavy (non-hydrogen) atoms. The number of anilines is 1. The zero-order valence-electron chi connectivity index (χ0n) is 15.2. The van der Waals surface area contributed by atoms with E-state index in [9.17, 15) is 9.59 Å². The molecule has 1 aliphatic carbocycles. The molecule has 0 aromatic heterocycles. The fraction of sp³-hybridized carbons (Fsp3) is 0.579. The first-order valence-corrected chi connectivity index (χ1v) is 9.73. The summed E-state index contributed by atoms with van der Waals surface area (Å²) >= 11 is 1.74. The lowest BCUT2D eigenvalue weighted by Crippen LogP contribution is -2.58. The Kier molecular flexibility index (Phi) is 4.75. The van der Waals surface area contributed by atoms with E-state index in [0.717, 1.165) is 36.9 Å². The second-order valence-electron chi connectivity index (χ2n) is 7.68. The van der Waals surface area contributed by atoms with Gasteiger partial charge in [-0.15, -0.1) is 11.8 Å². The first kappa shape index (κ1) is 18.1. The molecule has 2 aliphatic rings. The third-order valence-corrected chi connectivity index (χ3v) is 6.97. The molecule has 1 aliphatic heterocycles. The Bertz CT molecular complexity index is 666. The minimum Gasteiger partial charge on any atom is -0.368 e. The van der Waals surface area contributed by atoms with Gasteiger partial charge in [0.25, 0.3) is 0 Å². The molecule has 0 bridgehead atoms. The van der Waals surface area contributed by atoms with Crippen molar-refractivity contribution in [1.82, 2.24) is 4.90 Å². The third-order valence-electron chi connectivity index (χ3n) is 5.23. The van der Waals surface area contributed by atoms with E-state index in [1.165, 1.54) is 6.42 Å². The van der Waals surface area contributed by atoms with Crippen LogP contribution in [0, 0.1) is 6.92 Å². The number of carbonyl (C=O) groups excluding carboxylic acids is 2. The lowest BCUT2D eigenvalue weighted by atomic mass is 9.91. The van der Waals surface area contributed by atoms with Gasteiger partial charge in [0, 0.05) is 10.4 Å². The normalized spacial score (nSPS) is 24.3. The van der Waals surface area contributed by atoms with Crippen molar-refractivity contribution in [2.75, 3.05) is 5.32 Å². The Hall–Kier alpha value is -1.69. The van der Waals surface area contributed by atoms with Crippen molar-refractivity contribution in [3.63, 3.8) is 0 Å². The summed E-state index contributed by atoms with van der Waals surface area (Å²) in [4.78, 5) is 26.8. The SMILES string of the molecule is Cc1ccc(NC(=O)N2C(C(N)=O)C(C)(C)SC23CCCCC3)cc1. The van der Waals surface area contributed by atoms with Crippen LogP contribution in [0.5, 0.6) is 0 Å². The van der Waals surface area contributed by atoms with Crippen molar-refractivity contribution in [2.24, 2.45) is 5.73 Å². The number of nitrogens with two attached hydrogens (primary N) is 1. The van der Waals surface area contributed by atoms with Crippen LogP contribution in [0.1, 0.15) is 51.5 Å². The molecule has 0 radical (unpaired) electrons. The number of hydrogen-bond acceptors (Lipinski definition) is 3. The van der Waals surface area contributed by atoms with Crippen LogP contribution < -0.4 is 11.1 Å². The molecule has 1 aromatic rings. The van der Waals surface area contributed by atoms with Gasteiger partial charge < -0.3 is 11.1 Å². The van der Waals surface area contributed by atoms with Crippen LogP contribution in [0.3, 0.4) is 0 Å². The number of urea groups is 1. The molecule has 1 atom stereocenters. The molecule has 1 spiro atoms. The van der Waals surface area contributed by atoms with E-state index in [4.69, 9.17) is 5.73 Å². The largest absolute Gasteiger partial charge is 0.368 e. The summed E-state index contributed by atoms with van der Waals surface area (Å²) in [7, 11) is 0. The maximum Gasteiger partial charge on any atom is 0.323 e. The van der Waals surface area contributed by atoms with E-state index in [1.54, 1.807) is 16.7 Å². The van der Waals surface area contributed by atoms with Gasteiger partial charge in [-0.3, -0.25) is 9.69 Å². The van der Waals surface area contributed by atoms with Crippen LogP contribution in [0.25, 0.3) is 0 Å². The smallest absolute Gasteiger partial charge is 0.323 e. The zero-order chi connectivity index (χ0) is 18.2. The highest BCUT2D eigenvalue weighted by molar-refractivity contribution is 8.02. The summed E-state index contributed by atoms with van der Waals surface area (Å²) in [6.07, 6.45) is 5.14. The van der Waals surface area contributed by atoms with E-state index < -0.39 is 16.7 Å². The Morgan fingerprint density at radius 2 is 1.76 bits per heavy atom. The number of amides is 3. The van der Waals surface area contributed by atoms with Crippen molar-refractivity contribution in [3.8, 4) is 0 Å². The van der Waals surface area contributed by atoms with E-state index in [2.05, 4.69) is 5.32 Å². The van der Waals surface area contributed by atoms with Gasteiger partial charge in [0.2, 0.25) is 5.91 Å².